The summed E-state index contributed by atoms with van der Waals surface area (Å²) in [5, 5.41) is 0. The molecule has 0 spiro atoms. The third kappa shape index (κ3) is 2.50. The molecule has 2 bridgehead atoms. The van der Waals surface area contributed by atoms with E-state index in [1.165, 1.54) is 0 Å². The Bertz CT molecular complexity index is 375. The van der Waals surface area contributed by atoms with Gasteiger partial charge in [-0.2, -0.15) is 0 Å². The van der Waals surface area contributed by atoms with E-state index in [-0.39, 0.29) is 6.09 Å². The van der Waals surface area contributed by atoms with E-state index < -0.39 is 17.9 Å². The molecular weight excluding hydrogens is 202 g/mol. The molecule has 0 aromatic heterocycles. The van der Waals surface area contributed by atoms with Crippen molar-refractivity contribution in [2.45, 2.75) is 52.5 Å². The van der Waals surface area contributed by atoms with Crippen LogP contribution in [0.4, 0.5) is 4.79 Å². The number of amides is 1. The Morgan fingerprint density at radius 2 is 2.31 bits per heavy atom. The highest BCUT2D eigenvalue weighted by Crippen LogP contribution is 2.46. The fourth-order valence-electron chi connectivity index (χ4n) is 2.74. The quantitative estimate of drug-likeness (QED) is 0.638. The van der Waals surface area contributed by atoms with E-state index in [2.05, 4.69) is 0 Å². The first-order valence-corrected chi connectivity index (χ1v) is 6.00. The molecule has 16 heavy (non-hydrogen) atoms. The zero-order chi connectivity index (χ0) is 14.5. The second-order valence-electron chi connectivity index (χ2n) is 6.25. The van der Waals surface area contributed by atoms with Crippen molar-refractivity contribution in [3.8, 4) is 0 Å². The Morgan fingerprint density at radius 1 is 1.56 bits per heavy atom. The van der Waals surface area contributed by atoms with Crippen molar-refractivity contribution in [3.63, 3.8) is 0 Å². The van der Waals surface area contributed by atoms with E-state index in [1.807, 2.05) is 20.8 Å². The van der Waals surface area contributed by atoms with Crippen LogP contribution in [-0.2, 0) is 4.74 Å². The number of hydrogen-bond acceptors (Lipinski definition) is 2. The molecule has 3 heteroatoms. The van der Waals surface area contributed by atoms with E-state index in [9.17, 15) is 4.79 Å². The topological polar surface area (TPSA) is 29.5 Å². The first-order valence-electron chi connectivity index (χ1n) is 7.50. The Hall–Kier alpha value is -0.730. The molecule has 92 valence electrons. The largest absolute Gasteiger partial charge is 0.444 e. The molecule has 1 aliphatic heterocycles. The van der Waals surface area contributed by atoms with Crippen molar-refractivity contribution >= 4 is 6.09 Å². The summed E-state index contributed by atoms with van der Waals surface area (Å²) in [6, 6.07) is 0. The minimum absolute atomic E-state index is 0.301. The van der Waals surface area contributed by atoms with Crippen LogP contribution in [0.15, 0.2) is 0 Å². The molecule has 1 saturated heterocycles. The number of ether oxygens (including phenoxy) is 1. The van der Waals surface area contributed by atoms with Crippen LogP contribution in [0, 0.1) is 11.3 Å². The molecule has 3 nitrogen and oxygen atoms in total. The van der Waals surface area contributed by atoms with Crippen LogP contribution in [-0.4, -0.2) is 29.7 Å². The third-order valence-electron chi connectivity index (χ3n) is 3.33. The molecule has 2 atom stereocenters. The highest BCUT2D eigenvalue weighted by Gasteiger charge is 2.43. The van der Waals surface area contributed by atoms with Crippen molar-refractivity contribution < 1.29 is 13.6 Å². The third-order valence-corrected chi connectivity index (χ3v) is 3.33. The smallest absolute Gasteiger partial charge is 0.410 e. The molecule has 1 heterocycles. The second kappa shape index (κ2) is 3.64. The highest BCUT2D eigenvalue weighted by molar-refractivity contribution is 5.68. The average Bonchev–Trinajstić information content (AvgIpc) is 2.52. The van der Waals surface area contributed by atoms with Crippen LogP contribution in [0.25, 0.3) is 0 Å². The van der Waals surface area contributed by atoms with Gasteiger partial charge in [0.15, 0.2) is 0 Å². The highest BCUT2D eigenvalue weighted by atomic mass is 16.6. The fourth-order valence-corrected chi connectivity index (χ4v) is 2.74. The molecule has 1 saturated carbocycles. The van der Waals surface area contributed by atoms with Crippen LogP contribution in [0.2, 0.25) is 0 Å². The Labute approximate surface area is 102 Å². The van der Waals surface area contributed by atoms with Crippen LogP contribution in [0.3, 0.4) is 0 Å². The lowest BCUT2D eigenvalue weighted by molar-refractivity contribution is 0.00708. The van der Waals surface area contributed by atoms with Gasteiger partial charge in [-0.15, -0.1) is 0 Å². The second-order valence-corrected chi connectivity index (χ2v) is 6.25. The molecule has 2 aliphatic rings. The summed E-state index contributed by atoms with van der Waals surface area (Å²) in [5.41, 5.74) is -1.26. The predicted octanol–water partition coefficient (Wildman–Crippen LogP) is 3.04. The summed E-state index contributed by atoms with van der Waals surface area (Å²) in [6.07, 6.45) is 1.92. The lowest BCUT2D eigenvalue weighted by atomic mass is 9.84. The summed E-state index contributed by atoms with van der Waals surface area (Å²) in [6.45, 7) is 4.40. The predicted molar refractivity (Wildman–Crippen MR) is 63.3 cm³/mol. The van der Waals surface area contributed by atoms with Gasteiger partial charge in [0.05, 0.1) is 0 Å². The maximum atomic E-state index is 12.1. The number of nitrogens with zero attached hydrogens (tertiary/aromatic N) is 1. The first kappa shape index (κ1) is 8.37. The van der Waals surface area contributed by atoms with Crippen molar-refractivity contribution in [2.75, 3.05) is 13.1 Å². The molecule has 0 N–H and O–H groups in total. The fraction of sp³-hybridized carbons (Fsp3) is 0.923. The average molecular weight is 228 g/mol. The summed E-state index contributed by atoms with van der Waals surface area (Å²) in [7, 11) is 0. The van der Waals surface area contributed by atoms with Gasteiger partial charge in [-0.05, 0) is 51.4 Å². The minimum Gasteiger partial charge on any atom is -0.444 e. The van der Waals surface area contributed by atoms with Gasteiger partial charge in [0.25, 0.3) is 0 Å². The summed E-state index contributed by atoms with van der Waals surface area (Å²) in [4.78, 5) is 13.7. The molecule has 2 fully saturated rings. The van der Waals surface area contributed by atoms with Crippen LogP contribution in [0.1, 0.15) is 51.0 Å². The van der Waals surface area contributed by atoms with E-state index in [0.717, 1.165) is 6.42 Å². The Kier molecular flexibility index (Phi) is 1.91. The van der Waals surface area contributed by atoms with Crippen LogP contribution in [0.5, 0.6) is 0 Å². The lowest BCUT2D eigenvalue weighted by Gasteiger charge is -2.38. The van der Waals surface area contributed by atoms with E-state index >= 15 is 0 Å². The number of fused-ring (bicyclic) bond motifs is 2. The van der Waals surface area contributed by atoms with Crippen LogP contribution < -0.4 is 0 Å². The SMILES string of the molecule is [2H]C([2H])([2H])C12CCC(CN(C(=O)OC(C)(C)C)C1)C2. The van der Waals surface area contributed by atoms with Gasteiger partial charge in [0.2, 0.25) is 0 Å². The molecule has 1 amide bonds. The minimum atomic E-state index is -2.00. The maximum absolute atomic E-state index is 12.1. The lowest BCUT2D eigenvalue weighted by Crippen LogP contribution is -2.46. The van der Waals surface area contributed by atoms with Crippen molar-refractivity contribution in [1.29, 1.82) is 0 Å². The summed E-state index contributed by atoms with van der Waals surface area (Å²) >= 11 is 0. The zero-order valence-corrected chi connectivity index (χ0v) is 10.4. The van der Waals surface area contributed by atoms with Gasteiger partial charge in [0.1, 0.15) is 5.60 Å². The zero-order valence-electron chi connectivity index (χ0n) is 13.4. The standard InChI is InChI=1S/C13H23NO2/c1-12(2,3)16-11(15)14-8-10-5-6-13(4,7-10)9-14/h10H,5-9H2,1-4H3/i4D3. The Morgan fingerprint density at radius 3 is 2.94 bits per heavy atom. The van der Waals surface area contributed by atoms with Gasteiger partial charge >= 0.3 is 6.09 Å². The monoisotopic (exact) mass is 228 g/mol. The molecule has 0 radical (unpaired) electrons. The number of hydrogen-bond donors (Lipinski definition) is 0. The number of piperidine rings is 1. The summed E-state index contributed by atoms with van der Waals surface area (Å²) < 4.78 is 28.7. The van der Waals surface area contributed by atoms with Gasteiger partial charge < -0.3 is 9.64 Å². The van der Waals surface area contributed by atoms with Gasteiger partial charge in [-0.3, -0.25) is 0 Å². The molecule has 2 unspecified atom stereocenters. The number of carbonyl (C=O) groups is 1. The summed E-state index contributed by atoms with van der Waals surface area (Å²) in [5.74, 6) is 0.307. The van der Waals surface area contributed by atoms with Crippen molar-refractivity contribution in [3.05, 3.63) is 0 Å². The van der Waals surface area contributed by atoms with Crippen molar-refractivity contribution in [1.82, 2.24) is 4.90 Å². The molecule has 0 aromatic carbocycles. The van der Waals surface area contributed by atoms with Crippen molar-refractivity contribution in [2.24, 2.45) is 11.3 Å². The molecular formula is C13H23NO2. The van der Waals surface area contributed by atoms with Gasteiger partial charge in [-0.1, -0.05) is 6.85 Å². The number of likely N-dealkylation sites (tertiary alicyclic amines) is 1. The maximum Gasteiger partial charge on any atom is 0.410 e. The first-order chi connectivity index (χ1) is 8.52. The van der Waals surface area contributed by atoms with Gasteiger partial charge in [0, 0.05) is 17.2 Å². The molecule has 0 aromatic rings. The molecule has 2 rings (SSSR count). The number of carbonyl (C=O) groups excluding carboxylic acids is 1. The van der Waals surface area contributed by atoms with E-state index in [0.29, 0.717) is 31.8 Å². The van der Waals surface area contributed by atoms with Crippen LogP contribution >= 0.6 is 0 Å². The Balaban J connectivity index is 2.12. The van der Waals surface area contributed by atoms with E-state index in [4.69, 9.17) is 8.85 Å². The molecule has 1 aliphatic carbocycles. The van der Waals surface area contributed by atoms with E-state index in [1.54, 1.807) is 4.90 Å². The number of rotatable bonds is 0. The van der Waals surface area contributed by atoms with Gasteiger partial charge in [-0.25, -0.2) is 4.79 Å². The normalized spacial score (nSPS) is 37.6.